The standard InChI is InChI=1S/C14H25N3O4/c1-3-17(9-11(18)15-2)14(21)16-12(13(19)20)10-7-5-4-6-8-10/h10,12H,3-9H2,1-2H3,(H,15,18)(H,16,21)(H,19,20). The molecule has 0 aliphatic heterocycles. The highest BCUT2D eigenvalue weighted by Crippen LogP contribution is 2.26. The van der Waals surface area contributed by atoms with E-state index in [0.29, 0.717) is 6.54 Å². The van der Waals surface area contributed by atoms with Crippen LogP contribution in [0.4, 0.5) is 4.79 Å². The predicted octanol–water partition coefficient (Wildman–Crippen LogP) is 0.797. The average molecular weight is 299 g/mol. The number of likely N-dealkylation sites (N-methyl/N-ethyl adjacent to an activating group) is 2. The minimum absolute atomic E-state index is 0.0288. The number of hydrogen-bond donors (Lipinski definition) is 3. The molecule has 0 spiro atoms. The van der Waals surface area contributed by atoms with Gasteiger partial charge in [-0.3, -0.25) is 4.79 Å². The average Bonchev–Trinajstić information content (AvgIpc) is 2.50. The van der Waals surface area contributed by atoms with Gasteiger partial charge in [0.15, 0.2) is 0 Å². The molecular formula is C14H25N3O4. The van der Waals surface area contributed by atoms with Gasteiger partial charge in [-0.25, -0.2) is 9.59 Å². The molecule has 120 valence electrons. The molecule has 1 fully saturated rings. The topological polar surface area (TPSA) is 98.7 Å². The van der Waals surface area contributed by atoms with E-state index in [1.807, 2.05) is 0 Å². The number of amides is 3. The minimum Gasteiger partial charge on any atom is -0.480 e. The van der Waals surface area contributed by atoms with E-state index < -0.39 is 18.0 Å². The number of carboxylic acid groups (broad SMARTS) is 1. The van der Waals surface area contributed by atoms with Crippen molar-refractivity contribution in [2.45, 2.75) is 45.1 Å². The zero-order valence-electron chi connectivity index (χ0n) is 12.7. The summed E-state index contributed by atoms with van der Waals surface area (Å²) in [5, 5.41) is 14.4. The summed E-state index contributed by atoms with van der Waals surface area (Å²) in [6.45, 7) is 2.02. The Morgan fingerprint density at radius 2 is 1.86 bits per heavy atom. The smallest absolute Gasteiger partial charge is 0.326 e. The second-order valence-electron chi connectivity index (χ2n) is 5.35. The number of nitrogens with one attached hydrogen (secondary N) is 2. The largest absolute Gasteiger partial charge is 0.480 e. The third-order valence-electron chi connectivity index (χ3n) is 3.95. The Morgan fingerprint density at radius 3 is 2.33 bits per heavy atom. The normalized spacial score (nSPS) is 16.9. The Kier molecular flexibility index (Phi) is 6.98. The third-order valence-corrected chi connectivity index (χ3v) is 3.95. The number of carboxylic acids is 1. The van der Waals surface area contributed by atoms with E-state index in [4.69, 9.17) is 0 Å². The second kappa shape index (κ2) is 8.49. The Morgan fingerprint density at radius 1 is 1.24 bits per heavy atom. The first-order valence-corrected chi connectivity index (χ1v) is 7.48. The number of hydrogen-bond acceptors (Lipinski definition) is 3. The van der Waals surface area contributed by atoms with Crippen molar-refractivity contribution in [3.8, 4) is 0 Å². The molecule has 0 saturated heterocycles. The van der Waals surface area contributed by atoms with Gasteiger partial charge in [0.2, 0.25) is 5.91 Å². The van der Waals surface area contributed by atoms with Crippen molar-refractivity contribution in [2.75, 3.05) is 20.1 Å². The van der Waals surface area contributed by atoms with E-state index in [1.54, 1.807) is 6.92 Å². The van der Waals surface area contributed by atoms with Gasteiger partial charge in [-0.05, 0) is 25.7 Å². The van der Waals surface area contributed by atoms with Crippen LogP contribution in [0.25, 0.3) is 0 Å². The number of nitrogens with zero attached hydrogens (tertiary/aromatic N) is 1. The summed E-state index contributed by atoms with van der Waals surface area (Å²) in [4.78, 5) is 36.2. The second-order valence-corrected chi connectivity index (χ2v) is 5.35. The van der Waals surface area contributed by atoms with Crippen LogP contribution in [0.2, 0.25) is 0 Å². The molecule has 0 radical (unpaired) electrons. The van der Waals surface area contributed by atoms with E-state index in [2.05, 4.69) is 10.6 Å². The van der Waals surface area contributed by atoms with E-state index in [0.717, 1.165) is 32.1 Å². The van der Waals surface area contributed by atoms with Crippen molar-refractivity contribution in [1.82, 2.24) is 15.5 Å². The minimum atomic E-state index is -1.01. The van der Waals surface area contributed by atoms with Gasteiger partial charge in [0.1, 0.15) is 12.6 Å². The van der Waals surface area contributed by atoms with Gasteiger partial charge in [0.05, 0.1) is 0 Å². The van der Waals surface area contributed by atoms with Crippen LogP contribution in [0, 0.1) is 5.92 Å². The molecule has 1 saturated carbocycles. The summed E-state index contributed by atoms with van der Waals surface area (Å²) in [6.07, 6.45) is 4.76. The summed E-state index contributed by atoms with van der Waals surface area (Å²) >= 11 is 0. The van der Waals surface area contributed by atoms with Gasteiger partial charge in [0.25, 0.3) is 0 Å². The first-order chi connectivity index (χ1) is 9.99. The van der Waals surface area contributed by atoms with Gasteiger partial charge in [0, 0.05) is 13.6 Å². The molecule has 1 aliphatic rings. The van der Waals surface area contributed by atoms with Gasteiger partial charge in [-0.1, -0.05) is 19.3 Å². The van der Waals surface area contributed by atoms with Crippen molar-refractivity contribution in [3.63, 3.8) is 0 Å². The maximum atomic E-state index is 12.2. The Bertz CT molecular complexity index is 380. The molecule has 1 aliphatic carbocycles. The molecule has 0 heterocycles. The van der Waals surface area contributed by atoms with Crippen LogP contribution < -0.4 is 10.6 Å². The predicted molar refractivity (Wildman–Crippen MR) is 77.8 cm³/mol. The van der Waals surface area contributed by atoms with Gasteiger partial charge >= 0.3 is 12.0 Å². The maximum Gasteiger partial charge on any atom is 0.326 e. The van der Waals surface area contributed by atoms with Crippen molar-refractivity contribution in [1.29, 1.82) is 0 Å². The van der Waals surface area contributed by atoms with Crippen LogP contribution in [-0.4, -0.2) is 54.1 Å². The molecule has 1 unspecified atom stereocenters. The Hall–Kier alpha value is -1.79. The quantitative estimate of drug-likeness (QED) is 0.675. The Labute approximate surface area is 125 Å². The SMILES string of the molecule is CCN(CC(=O)NC)C(=O)NC(C(=O)O)C1CCCCC1. The summed E-state index contributed by atoms with van der Waals surface area (Å²) < 4.78 is 0. The highest BCUT2D eigenvalue weighted by molar-refractivity contribution is 5.86. The number of aliphatic carboxylic acids is 1. The molecule has 1 rings (SSSR count). The van der Waals surface area contributed by atoms with Crippen LogP contribution in [0.1, 0.15) is 39.0 Å². The fourth-order valence-corrected chi connectivity index (χ4v) is 2.65. The van der Waals surface area contributed by atoms with Crippen molar-refractivity contribution >= 4 is 17.9 Å². The summed E-state index contributed by atoms with van der Waals surface area (Å²) in [7, 11) is 1.50. The van der Waals surface area contributed by atoms with Crippen LogP contribution in [0.5, 0.6) is 0 Å². The lowest BCUT2D eigenvalue weighted by Crippen LogP contribution is -2.53. The van der Waals surface area contributed by atoms with E-state index in [1.165, 1.54) is 11.9 Å². The van der Waals surface area contributed by atoms with Crippen molar-refractivity contribution in [3.05, 3.63) is 0 Å². The maximum absolute atomic E-state index is 12.2. The van der Waals surface area contributed by atoms with Crippen molar-refractivity contribution < 1.29 is 19.5 Å². The number of rotatable bonds is 6. The summed E-state index contributed by atoms with van der Waals surface area (Å²) in [5.74, 6) is -1.32. The van der Waals surface area contributed by atoms with Crippen LogP contribution in [0.15, 0.2) is 0 Å². The first kappa shape index (κ1) is 17.3. The molecule has 21 heavy (non-hydrogen) atoms. The molecule has 0 bridgehead atoms. The molecule has 0 aromatic carbocycles. The first-order valence-electron chi connectivity index (χ1n) is 7.48. The zero-order chi connectivity index (χ0) is 15.8. The van der Waals surface area contributed by atoms with E-state index >= 15 is 0 Å². The van der Waals surface area contributed by atoms with E-state index in [9.17, 15) is 19.5 Å². The highest BCUT2D eigenvalue weighted by Gasteiger charge is 2.31. The fraction of sp³-hybridized carbons (Fsp3) is 0.786. The lowest BCUT2D eigenvalue weighted by molar-refractivity contribution is -0.141. The van der Waals surface area contributed by atoms with Gasteiger partial charge in [-0.15, -0.1) is 0 Å². The molecule has 7 heteroatoms. The monoisotopic (exact) mass is 299 g/mol. The summed E-state index contributed by atoms with van der Waals surface area (Å²) in [6, 6.07) is -1.38. The molecular weight excluding hydrogens is 274 g/mol. The van der Waals surface area contributed by atoms with Crippen LogP contribution in [-0.2, 0) is 9.59 Å². The zero-order valence-corrected chi connectivity index (χ0v) is 12.7. The van der Waals surface area contributed by atoms with Gasteiger partial charge in [-0.2, -0.15) is 0 Å². The fourth-order valence-electron chi connectivity index (χ4n) is 2.65. The number of urea groups is 1. The van der Waals surface area contributed by atoms with E-state index in [-0.39, 0.29) is 18.4 Å². The molecule has 0 aromatic heterocycles. The molecule has 0 aromatic rings. The summed E-state index contributed by atoms with van der Waals surface area (Å²) in [5.41, 5.74) is 0. The van der Waals surface area contributed by atoms with Gasteiger partial charge < -0.3 is 20.6 Å². The molecule has 3 amide bonds. The number of carbonyl (C=O) groups is 3. The van der Waals surface area contributed by atoms with Crippen LogP contribution >= 0.6 is 0 Å². The van der Waals surface area contributed by atoms with Crippen LogP contribution in [0.3, 0.4) is 0 Å². The molecule has 1 atom stereocenters. The highest BCUT2D eigenvalue weighted by atomic mass is 16.4. The molecule has 7 nitrogen and oxygen atoms in total. The van der Waals surface area contributed by atoms with Crippen molar-refractivity contribution in [2.24, 2.45) is 5.92 Å². The Balaban J connectivity index is 2.65. The lowest BCUT2D eigenvalue weighted by atomic mass is 9.84. The number of carbonyl (C=O) groups excluding carboxylic acids is 2. The third kappa shape index (κ3) is 5.24. The molecule has 3 N–H and O–H groups in total. The lowest BCUT2D eigenvalue weighted by Gasteiger charge is -2.30.